The van der Waals surface area contributed by atoms with E-state index in [9.17, 15) is 9.59 Å². The van der Waals surface area contributed by atoms with Crippen LogP contribution in [0.5, 0.6) is 5.75 Å². The van der Waals surface area contributed by atoms with E-state index in [1.165, 1.54) is 5.56 Å². The fraction of sp³-hybridized carbons (Fsp3) is 0.379. The molecule has 0 saturated carbocycles. The molecular weight excluding hydrogens is 454 g/mol. The van der Waals surface area contributed by atoms with E-state index in [0.29, 0.717) is 31.9 Å². The Bertz CT molecular complexity index is 1070. The van der Waals surface area contributed by atoms with Crippen molar-refractivity contribution in [1.29, 1.82) is 0 Å². The van der Waals surface area contributed by atoms with Gasteiger partial charge in [-0.25, -0.2) is 0 Å². The third-order valence-electron chi connectivity index (χ3n) is 5.96. The summed E-state index contributed by atoms with van der Waals surface area (Å²) in [6.45, 7) is 6.02. The van der Waals surface area contributed by atoms with Gasteiger partial charge in [-0.1, -0.05) is 48.5 Å². The summed E-state index contributed by atoms with van der Waals surface area (Å²) in [4.78, 5) is 29.8. The number of para-hydroxylation sites is 1. The molecule has 0 unspecified atom stereocenters. The lowest BCUT2D eigenvalue weighted by molar-refractivity contribution is -0.143. The first-order chi connectivity index (χ1) is 17.5. The van der Waals surface area contributed by atoms with Gasteiger partial charge in [0.05, 0.1) is 13.1 Å². The summed E-state index contributed by atoms with van der Waals surface area (Å²) in [5.74, 6) is 0.305. The van der Waals surface area contributed by atoms with Crippen LogP contribution in [0.4, 0.5) is 0 Å². The van der Waals surface area contributed by atoms with E-state index in [1.54, 1.807) is 24.1 Å². The van der Waals surface area contributed by atoms with Crippen molar-refractivity contribution in [2.24, 2.45) is 0 Å². The lowest BCUT2D eigenvalue weighted by Crippen LogP contribution is -2.47. The molecule has 3 aromatic rings. The van der Waals surface area contributed by atoms with Gasteiger partial charge in [0.1, 0.15) is 5.75 Å². The van der Waals surface area contributed by atoms with Crippen LogP contribution in [0.2, 0.25) is 0 Å². The summed E-state index contributed by atoms with van der Waals surface area (Å²) < 4.78 is 13.0. The summed E-state index contributed by atoms with van der Waals surface area (Å²) in [6, 6.07) is 23.5. The van der Waals surface area contributed by atoms with E-state index < -0.39 is 0 Å². The number of aromatic nitrogens is 1. The molecule has 0 N–H and O–H groups in total. The van der Waals surface area contributed by atoms with Crippen LogP contribution in [0.3, 0.4) is 0 Å². The van der Waals surface area contributed by atoms with E-state index in [2.05, 4.69) is 16.7 Å². The molecule has 7 nitrogen and oxygen atoms in total. The van der Waals surface area contributed by atoms with Crippen LogP contribution in [0.25, 0.3) is 0 Å². The fourth-order valence-electron chi connectivity index (χ4n) is 3.96. The van der Waals surface area contributed by atoms with Gasteiger partial charge in [-0.15, -0.1) is 0 Å². The molecular formula is C29H37N3O4. The van der Waals surface area contributed by atoms with E-state index in [-0.39, 0.29) is 31.0 Å². The van der Waals surface area contributed by atoms with Gasteiger partial charge in [0.25, 0.3) is 5.91 Å². The van der Waals surface area contributed by atoms with E-state index in [1.807, 2.05) is 73.5 Å². The zero-order valence-corrected chi connectivity index (χ0v) is 21.5. The predicted octanol–water partition coefficient (Wildman–Crippen LogP) is 4.22. The second-order valence-corrected chi connectivity index (χ2v) is 8.99. The van der Waals surface area contributed by atoms with Crippen LogP contribution in [-0.2, 0) is 27.4 Å². The van der Waals surface area contributed by atoms with Crippen molar-refractivity contribution >= 4 is 11.8 Å². The summed E-state index contributed by atoms with van der Waals surface area (Å²) >= 11 is 0. The average Bonchev–Trinajstić information content (AvgIpc) is 3.32. The van der Waals surface area contributed by atoms with Crippen molar-refractivity contribution in [1.82, 2.24) is 14.4 Å². The number of hydrogen-bond donors (Lipinski definition) is 0. The first-order valence-corrected chi connectivity index (χ1v) is 12.4. The minimum atomic E-state index is -0.223. The van der Waals surface area contributed by atoms with Gasteiger partial charge < -0.3 is 23.8 Å². The number of rotatable bonds is 14. The highest BCUT2D eigenvalue weighted by Crippen LogP contribution is 2.14. The maximum absolute atomic E-state index is 13.5. The first-order valence-electron chi connectivity index (χ1n) is 12.4. The zero-order chi connectivity index (χ0) is 25.8. The molecule has 1 aromatic heterocycles. The Balaban J connectivity index is 1.67. The molecule has 0 radical (unpaired) electrons. The van der Waals surface area contributed by atoms with Gasteiger partial charge in [-0.3, -0.25) is 9.59 Å². The lowest BCUT2D eigenvalue weighted by atomic mass is 10.2. The van der Waals surface area contributed by atoms with Crippen LogP contribution < -0.4 is 4.74 Å². The summed E-state index contributed by atoms with van der Waals surface area (Å²) in [5, 5.41) is 0. The van der Waals surface area contributed by atoms with Crippen LogP contribution in [0.1, 0.15) is 31.5 Å². The highest BCUT2D eigenvalue weighted by Gasteiger charge is 2.24. The molecule has 2 amide bonds. The molecule has 0 saturated heterocycles. The number of carbonyl (C=O) groups excluding carboxylic acids is 2. The minimum absolute atomic E-state index is 0.00172. The van der Waals surface area contributed by atoms with Gasteiger partial charge in [-0.2, -0.15) is 0 Å². The smallest absolute Gasteiger partial charge is 0.260 e. The van der Waals surface area contributed by atoms with Gasteiger partial charge in [0.15, 0.2) is 6.61 Å². The first kappa shape index (κ1) is 27.0. The van der Waals surface area contributed by atoms with Gasteiger partial charge in [-0.05, 0) is 50.1 Å². The minimum Gasteiger partial charge on any atom is -0.484 e. The van der Waals surface area contributed by atoms with Crippen molar-refractivity contribution < 1.29 is 19.1 Å². The molecule has 0 spiro atoms. The Labute approximate surface area is 214 Å². The molecule has 0 bridgehead atoms. The molecule has 36 heavy (non-hydrogen) atoms. The third-order valence-corrected chi connectivity index (χ3v) is 5.96. The number of benzene rings is 2. The second kappa shape index (κ2) is 14.1. The molecule has 7 heteroatoms. The van der Waals surface area contributed by atoms with Gasteiger partial charge >= 0.3 is 0 Å². The molecule has 0 atom stereocenters. The molecule has 0 aliphatic rings. The zero-order valence-electron chi connectivity index (χ0n) is 21.5. The van der Waals surface area contributed by atoms with Crippen molar-refractivity contribution in [3.8, 4) is 5.75 Å². The highest BCUT2D eigenvalue weighted by atomic mass is 16.5. The highest BCUT2D eigenvalue weighted by molar-refractivity contribution is 5.85. The van der Waals surface area contributed by atoms with Crippen molar-refractivity contribution in [2.75, 3.05) is 33.4 Å². The molecule has 2 aromatic carbocycles. The van der Waals surface area contributed by atoms with Crippen LogP contribution in [-0.4, -0.2) is 65.6 Å². The fourth-order valence-corrected chi connectivity index (χ4v) is 3.96. The quantitative estimate of drug-likeness (QED) is 0.317. The largest absolute Gasteiger partial charge is 0.484 e. The van der Waals surface area contributed by atoms with Crippen molar-refractivity contribution in [3.05, 3.63) is 90.3 Å². The average molecular weight is 492 g/mol. The number of methoxy groups -OCH3 is 1. The Hall–Kier alpha value is -3.58. The Morgan fingerprint density at radius 2 is 1.61 bits per heavy atom. The maximum atomic E-state index is 13.5. The van der Waals surface area contributed by atoms with Crippen LogP contribution >= 0.6 is 0 Å². The third kappa shape index (κ3) is 8.27. The number of amides is 2. The summed E-state index contributed by atoms with van der Waals surface area (Å²) in [6.07, 6.45) is 2.68. The SMILES string of the molecule is COCCCN(CC(=O)N(Cc1cccn1Cc1ccccc1)C(C)C)C(=O)COc1ccccc1. The summed E-state index contributed by atoms with van der Waals surface area (Å²) in [5.41, 5.74) is 2.25. The number of ether oxygens (including phenoxy) is 2. The second-order valence-electron chi connectivity index (χ2n) is 8.99. The predicted molar refractivity (Wildman–Crippen MR) is 141 cm³/mol. The Morgan fingerprint density at radius 1 is 0.917 bits per heavy atom. The molecule has 3 rings (SSSR count). The number of nitrogens with zero attached hydrogens (tertiary/aromatic N) is 3. The summed E-state index contributed by atoms with van der Waals surface area (Å²) in [7, 11) is 1.63. The number of carbonyl (C=O) groups is 2. The molecule has 0 aliphatic heterocycles. The van der Waals surface area contributed by atoms with Crippen LogP contribution in [0, 0.1) is 0 Å². The van der Waals surface area contributed by atoms with E-state index in [4.69, 9.17) is 9.47 Å². The molecule has 0 fully saturated rings. The van der Waals surface area contributed by atoms with Gasteiger partial charge in [0.2, 0.25) is 5.91 Å². The van der Waals surface area contributed by atoms with Crippen LogP contribution in [0.15, 0.2) is 79.0 Å². The number of hydrogen-bond acceptors (Lipinski definition) is 4. The Morgan fingerprint density at radius 3 is 2.28 bits per heavy atom. The van der Waals surface area contributed by atoms with Crippen molar-refractivity contribution in [2.45, 2.75) is 39.4 Å². The molecule has 1 heterocycles. The standard InChI is InChI=1S/C29H37N3O4/c1-24(2)32(21-26-14-10-17-30(26)20-25-12-6-4-7-13-25)28(33)22-31(18-11-19-35-3)29(34)23-36-27-15-8-5-9-16-27/h4-10,12-17,24H,11,18-23H2,1-3H3. The topological polar surface area (TPSA) is 64.0 Å². The monoisotopic (exact) mass is 491 g/mol. The Kier molecular flexibility index (Phi) is 10.6. The normalized spacial score (nSPS) is 10.9. The van der Waals surface area contributed by atoms with E-state index >= 15 is 0 Å². The lowest BCUT2D eigenvalue weighted by Gasteiger charge is -2.31. The van der Waals surface area contributed by atoms with E-state index in [0.717, 1.165) is 12.2 Å². The molecule has 192 valence electrons. The van der Waals surface area contributed by atoms with Gasteiger partial charge in [0, 0.05) is 44.7 Å². The maximum Gasteiger partial charge on any atom is 0.260 e. The van der Waals surface area contributed by atoms with Crippen molar-refractivity contribution in [3.63, 3.8) is 0 Å². The molecule has 0 aliphatic carbocycles.